The molecule has 0 unspecified atom stereocenters. The van der Waals surface area contributed by atoms with Gasteiger partial charge in [0.25, 0.3) is 0 Å². The first-order chi connectivity index (χ1) is 9.76. The normalized spacial score (nSPS) is 32.1. The Morgan fingerprint density at radius 2 is 1.38 bits per heavy atom. The van der Waals surface area contributed by atoms with Gasteiger partial charge in [0.05, 0.1) is 0 Å². The van der Waals surface area contributed by atoms with E-state index in [-0.39, 0.29) is 5.75 Å². The summed E-state index contributed by atoms with van der Waals surface area (Å²) >= 11 is 4.04. The Kier molecular flexibility index (Phi) is 6.43. The largest absolute Gasteiger partial charge is 0.456 e. The number of hydrogen-bond donors (Lipinski definition) is 2. The van der Waals surface area contributed by atoms with Crippen molar-refractivity contribution in [2.24, 2.45) is 0 Å². The Hall–Kier alpha value is -1.32. The van der Waals surface area contributed by atoms with E-state index in [2.05, 4.69) is 12.6 Å². The summed E-state index contributed by atoms with van der Waals surface area (Å²) < 4.78 is 20.3. The molecular formula is C12H18O8S. The van der Waals surface area contributed by atoms with Crippen molar-refractivity contribution in [2.75, 3.05) is 5.75 Å². The average Bonchev–Trinajstić information content (AvgIpc) is 2.35. The van der Waals surface area contributed by atoms with E-state index in [1.54, 1.807) is 0 Å². The molecule has 21 heavy (non-hydrogen) atoms. The van der Waals surface area contributed by atoms with Gasteiger partial charge < -0.3 is 24.1 Å². The van der Waals surface area contributed by atoms with Crippen LogP contribution in [0.15, 0.2) is 0 Å². The lowest BCUT2D eigenvalue weighted by Gasteiger charge is -2.42. The monoisotopic (exact) mass is 322 g/mol. The fraction of sp³-hybridized carbons (Fsp3) is 0.750. The molecule has 1 N–H and O–H groups in total. The average molecular weight is 322 g/mol. The second kappa shape index (κ2) is 7.62. The summed E-state index contributed by atoms with van der Waals surface area (Å²) in [5, 5.41) is 9.89. The minimum Gasteiger partial charge on any atom is -0.456 e. The minimum atomic E-state index is -1.53. The summed E-state index contributed by atoms with van der Waals surface area (Å²) in [6.45, 7) is 3.45. The van der Waals surface area contributed by atoms with Crippen molar-refractivity contribution >= 4 is 30.5 Å². The first kappa shape index (κ1) is 17.7. The predicted octanol–water partition coefficient (Wildman–Crippen LogP) is -0.572. The summed E-state index contributed by atoms with van der Waals surface area (Å²) in [5.74, 6) is -1.92. The van der Waals surface area contributed by atoms with Gasteiger partial charge in [0.2, 0.25) is 0 Å². The number of aliphatic hydroxyl groups excluding tert-OH is 1. The van der Waals surface area contributed by atoms with E-state index in [0.717, 1.165) is 13.8 Å². The molecule has 0 aromatic carbocycles. The third kappa shape index (κ3) is 4.87. The molecule has 0 saturated carbocycles. The molecule has 1 aliphatic heterocycles. The van der Waals surface area contributed by atoms with Crippen LogP contribution in [0.3, 0.4) is 0 Å². The first-order valence-electron chi connectivity index (χ1n) is 6.22. The molecule has 1 heterocycles. The van der Waals surface area contributed by atoms with E-state index >= 15 is 0 Å². The molecule has 5 atom stereocenters. The highest BCUT2D eigenvalue weighted by Crippen LogP contribution is 2.28. The van der Waals surface area contributed by atoms with Crippen molar-refractivity contribution in [3.63, 3.8) is 0 Å². The Morgan fingerprint density at radius 3 is 1.81 bits per heavy atom. The highest BCUT2D eigenvalue weighted by atomic mass is 32.1. The quantitative estimate of drug-likeness (QED) is 0.402. The van der Waals surface area contributed by atoms with Crippen LogP contribution in [0.2, 0.25) is 0 Å². The van der Waals surface area contributed by atoms with Crippen LogP contribution < -0.4 is 0 Å². The number of ether oxygens (including phenoxy) is 4. The van der Waals surface area contributed by atoms with E-state index in [4.69, 9.17) is 18.9 Å². The standard InChI is InChI=1S/C12H18O8S/c1-5(13)17-9-8(4-21)20-12(16)11(19-7(3)15)10(9)18-6(2)14/h8-12,16,21H,4H2,1-3H3/t8-,9-,10+,11-,12+/m1/s1. The van der Waals surface area contributed by atoms with Gasteiger partial charge in [-0.3, -0.25) is 14.4 Å². The van der Waals surface area contributed by atoms with Crippen LogP contribution in [0.5, 0.6) is 0 Å². The zero-order chi connectivity index (χ0) is 16.2. The summed E-state index contributed by atoms with van der Waals surface area (Å²) in [4.78, 5) is 33.5. The van der Waals surface area contributed by atoms with Crippen LogP contribution >= 0.6 is 12.6 Å². The van der Waals surface area contributed by atoms with Crippen molar-refractivity contribution < 1.29 is 38.4 Å². The van der Waals surface area contributed by atoms with Gasteiger partial charge in [0.15, 0.2) is 24.6 Å². The van der Waals surface area contributed by atoms with Crippen LogP contribution in [0, 0.1) is 0 Å². The van der Waals surface area contributed by atoms with Crippen LogP contribution in [-0.2, 0) is 33.3 Å². The number of rotatable bonds is 4. The molecule has 1 rings (SSSR count). The highest BCUT2D eigenvalue weighted by molar-refractivity contribution is 7.80. The molecule has 1 fully saturated rings. The van der Waals surface area contributed by atoms with Gasteiger partial charge in [-0.25, -0.2) is 0 Å². The second-order valence-corrected chi connectivity index (χ2v) is 4.83. The minimum absolute atomic E-state index is 0.0968. The molecular weight excluding hydrogens is 304 g/mol. The summed E-state index contributed by atoms with van der Waals surface area (Å²) in [6, 6.07) is 0. The zero-order valence-corrected chi connectivity index (χ0v) is 12.7. The number of carbonyl (C=O) groups excluding carboxylic acids is 3. The Labute approximate surface area is 127 Å². The Bertz CT molecular complexity index is 412. The molecule has 0 aliphatic carbocycles. The van der Waals surface area contributed by atoms with Gasteiger partial charge in [0, 0.05) is 26.5 Å². The number of hydrogen-bond acceptors (Lipinski definition) is 9. The fourth-order valence-electron chi connectivity index (χ4n) is 2.02. The third-order valence-corrected chi connectivity index (χ3v) is 3.06. The number of esters is 3. The lowest BCUT2D eigenvalue weighted by molar-refractivity contribution is -0.287. The van der Waals surface area contributed by atoms with E-state index in [1.165, 1.54) is 6.92 Å². The molecule has 9 heteroatoms. The SMILES string of the molecule is CC(=O)O[C@@H]1[C@@H](OC(C)=O)[C@@H](O)O[C@H](CS)[C@H]1OC(C)=O. The molecule has 0 aromatic heterocycles. The van der Waals surface area contributed by atoms with Gasteiger partial charge >= 0.3 is 17.9 Å². The van der Waals surface area contributed by atoms with E-state index in [9.17, 15) is 19.5 Å². The summed E-state index contributed by atoms with van der Waals surface area (Å²) in [7, 11) is 0. The van der Waals surface area contributed by atoms with Crippen molar-refractivity contribution in [3.05, 3.63) is 0 Å². The van der Waals surface area contributed by atoms with Crippen LogP contribution in [0.1, 0.15) is 20.8 Å². The molecule has 0 amide bonds. The Morgan fingerprint density at radius 1 is 0.952 bits per heavy atom. The molecule has 0 bridgehead atoms. The lowest BCUT2D eigenvalue weighted by atomic mass is 9.99. The third-order valence-electron chi connectivity index (χ3n) is 2.70. The van der Waals surface area contributed by atoms with Crippen molar-refractivity contribution in [1.29, 1.82) is 0 Å². The molecule has 120 valence electrons. The first-order valence-corrected chi connectivity index (χ1v) is 6.85. The van der Waals surface area contributed by atoms with Gasteiger partial charge in [0.1, 0.15) is 6.10 Å². The molecule has 8 nitrogen and oxygen atoms in total. The predicted molar refractivity (Wildman–Crippen MR) is 71.4 cm³/mol. The number of thiol groups is 1. The maximum Gasteiger partial charge on any atom is 0.303 e. The van der Waals surface area contributed by atoms with Gasteiger partial charge in [-0.05, 0) is 0 Å². The summed E-state index contributed by atoms with van der Waals surface area (Å²) in [5.41, 5.74) is 0. The molecule has 0 spiro atoms. The molecule has 1 aliphatic rings. The van der Waals surface area contributed by atoms with E-state index < -0.39 is 48.6 Å². The van der Waals surface area contributed by atoms with Crippen molar-refractivity contribution in [2.45, 2.75) is 51.5 Å². The molecule has 0 aromatic rings. The van der Waals surface area contributed by atoms with Crippen molar-refractivity contribution in [3.8, 4) is 0 Å². The zero-order valence-electron chi connectivity index (χ0n) is 11.8. The molecule has 0 radical (unpaired) electrons. The van der Waals surface area contributed by atoms with Crippen LogP contribution in [0.25, 0.3) is 0 Å². The van der Waals surface area contributed by atoms with Gasteiger partial charge in [-0.1, -0.05) is 0 Å². The lowest BCUT2D eigenvalue weighted by Crippen LogP contribution is -2.61. The molecule has 1 saturated heterocycles. The van der Waals surface area contributed by atoms with E-state index in [0.29, 0.717) is 0 Å². The van der Waals surface area contributed by atoms with Gasteiger partial charge in [-0.2, -0.15) is 12.6 Å². The van der Waals surface area contributed by atoms with E-state index in [1.807, 2.05) is 0 Å². The van der Waals surface area contributed by atoms with Crippen LogP contribution in [-0.4, -0.2) is 59.5 Å². The highest BCUT2D eigenvalue weighted by Gasteiger charge is 2.50. The Balaban J connectivity index is 3.08. The smallest absolute Gasteiger partial charge is 0.303 e. The fourth-order valence-corrected chi connectivity index (χ4v) is 2.31. The maximum atomic E-state index is 11.2. The van der Waals surface area contributed by atoms with Crippen molar-refractivity contribution in [1.82, 2.24) is 0 Å². The topological polar surface area (TPSA) is 108 Å². The van der Waals surface area contributed by atoms with Gasteiger partial charge in [-0.15, -0.1) is 0 Å². The van der Waals surface area contributed by atoms with Crippen LogP contribution in [0.4, 0.5) is 0 Å². The number of carbonyl (C=O) groups is 3. The summed E-state index contributed by atoms with van der Waals surface area (Å²) in [6.07, 6.45) is -5.87. The maximum absolute atomic E-state index is 11.2. The number of aliphatic hydroxyl groups is 1. The second-order valence-electron chi connectivity index (χ2n) is 4.47.